The van der Waals surface area contributed by atoms with Crippen LogP contribution in [0, 0.1) is 17.8 Å². The van der Waals surface area contributed by atoms with Crippen LogP contribution in [-0.2, 0) is 9.59 Å². The Labute approximate surface area is 161 Å². The molecular formula is C20H33FN4O2. The minimum Gasteiger partial charge on any atom is -0.355 e. The quantitative estimate of drug-likeness (QED) is 0.407. The van der Waals surface area contributed by atoms with Crippen molar-refractivity contribution in [3.8, 4) is 0 Å². The second-order valence-corrected chi connectivity index (χ2v) is 8.23. The van der Waals surface area contributed by atoms with Gasteiger partial charge >= 0.3 is 0 Å². The predicted molar refractivity (Wildman–Crippen MR) is 103 cm³/mol. The monoisotopic (exact) mass is 380 g/mol. The van der Waals surface area contributed by atoms with Crippen LogP contribution in [0.1, 0.15) is 40.0 Å². The van der Waals surface area contributed by atoms with Gasteiger partial charge in [0.25, 0.3) is 0 Å². The number of alkyl halides is 1. The van der Waals surface area contributed by atoms with Crippen molar-refractivity contribution in [3.63, 3.8) is 0 Å². The van der Waals surface area contributed by atoms with E-state index in [4.69, 9.17) is 0 Å². The van der Waals surface area contributed by atoms with Crippen molar-refractivity contribution in [1.82, 2.24) is 21.3 Å². The third-order valence-electron chi connectivity index (χ3n) is 6.40. The number of likely N-dealkylation sites (N-methyl/N-ethyl adjacent to an activating group) is 1. The summed E-state index contributed by atoms with van der Waals surface area (Å²) in [6.45, 7) is 8.35. The molecule has 2 aliphatic heterocycles. The van der Waals surface area contributed by atoms with E-state index in [0.29, 0.717) is 31.4 Å². The maximum Gasteiger partial charge on any atom is 0.247 e. The second-order valence-electron chi connectivity index (χ2n) is 8.23. The molecule has 3 aliphatic rings. The van der Waals surface area contributed by atoms with E-state index in [2.05, 4.69) is 28.2 Å². The van der Waals surface area contributed by atoms with Gasteiger partial charge in [-0.1, -0.05) is 19.9 Å². The summed E-state index contributed by atoms with van der Waals surface area (Å²) in [6.07, 6.45) is 2.78. The summed E-state index contributed by atoms with van der Waals surface area (Å²) in [4.78, 5) is 25.0. The van der Waals surface area contributed by atoms with Crippen LogP contribution >= 0.6 is 0 Å². The van der Waals surface area contributed by atoms with Crippen molar-refractivity contribution in [2.24, 2.45) is 17.8 Å². The largest absolute Gasteiger partial charge is 0.355 e. The summed E-state index contributed by atoms with van der Waals surface area (Å²) in [7, 11) is 0. The first-order valence-corrected chi connectivity index (χ1v) is 10.3. The van der Waals surface area contributed by atoms with E-state index in [1.54, 1.807) is 0 Å². The molecule has 0 radical (unpaired) electrons. The smallest absolute Gasteiger partial charge is 0.247 e. The standard InChI is InChI=1S/C20H33FN4O2/c1-4-22-7-8-23-20(27)18-11(2)17(24-12(18)3)10-15-14-9-13(21)5-6-16(14)25-19(15)26/h10-14,16-18,22,24H,4-9H2,1-3H3,(H,23,27)(H,25,26)/b15-10-/t11?,12-,13?,14+,16+,17+,18?/m1/s1. The molecule has 1 aliphatic carbocycles. The third-order valence-corrected chi connectivity index (χ3v) is 6.40. The van der Waals surface area contributed by atoms with Gasteiger partial charge in [0, 0.05) is 42.7 Å². The Hall–Kier alpha value is -1.47. The topological polar surface area (TPSA) is 82.3 Å². The summed E-state index contributed by atoms with van der Waals surface area (Å²) in [5.41, 5.74) is 0.701. The molecule has 2 amide bonds. The molecular weight excluding hydrogens is 347 g/mol. The van der Waals surface area contributed by atoms with Crippen molar-refractivity contribution in [2.45, 2.75) is 64.3 Å². The van der Waals surface area contributed by atoms with Crippen LogP contribution in [0.3, 0.4) is 0 Å². The molecule has 0 aromatic rings. The average Bonchev–Trinajstić information content (AvgIpc) is 3.08. The molecule has 3 rings (SSSR count). The highest BCUT2D eigenvalue weighted by molar-refractivity contribution is 5.97. The van der Waals surface area contributed by atoms with Gasteiger partial charge in [-0.15, -0.1) is 0 Å². The molecule has 2 saturated heterocycles. The van der Waals surface area contributed by atoms with Gasteiger partial charge in [0.15, 0.2) is 0 Å². The highest BCUT2D eigenvalue weighted by Crippen LogP contribution is 2.38. The van der Waals surface area contributed by atoms with Gasteiger partial charge in [0.1, 0.15) is 6.17 Å². The molecule has 7 atom stereocenters. The van der Waals surface area contributed by atoms with Crippen LogP contribution in [0.2, 0.25) is 0 Å². The SMILES string of the molecule is CCNCCNC(=O)C1C(C)[C@H](/C=C2\C(=O)N[C@H]3CCC(F)C[C@@H]23)N[C@@H]1C. The predicted octanol–water partition coefficient (Wildman–Crippen LogP) is 0.888. The van der Waals surface area contributed by atoms with Crippen LogP contribution in [0.25, 0.3) is 0 Å². The highest BCUT2D eigenvalue weighted by Gasteiger charge is 2.45. The first kappa shape index (κ1) is 20.3. The Morgan fingerprint density at radius 1 is 1.30 bits per heavy atom. The van der Waals surface area contributed by atoms with Gasteiger partial charge in [-0.25, -0.2) is 4.39 Å². The van der Waals surface area contributed by atoms with E-state index in [0.717, 1.165) is 13.1 Å². The van der Waals surface area contributed by atoms with Gasteiger partial charge in [0.05, 0.1) is 5.92 Å². The number of hydrogen-bond donors (Lipinski definition) is 4. The van der Waals surface area contributed by atoms with Gasteiger partial charge in [-0.3, -0.25) is 9.59 Å². The third kappa shape index (κ3) is 4.35. The molecule has 7 heteroatoms. The van der Waals surface area contributed by atoms with Gasteiger partial charge in [0.2, 0.25) is 11.8 Å². The Bertz CT molecular complexity index is 597. The molecule has 1 saturated carbocycles. The van der Waals surface area contributed by atoms with E-state index in [-0.39, 0.29) is 47.7 Å². The maximum atomic E-state index is 13.9. The number of nitrogens with one attached hydrogen (secondary N) is 4. The molecule has 3 unspecified atom stereocenters. The van der Waals surface area contributed by atoms with Crippen LogP contribution in [0.4, 0.5) is 4.39 Å². The van der Waals surface area contributed by atoms with Crippen LogP contribution in [0.5, 0.6) is 0 Å². The zero-order valence-electron chi connectivity index (χ0n) is 16.6. The lowest BCUT2D eigenvalue weighted by molar-refractivity contribution is -0.126. The molecule has 3 fully saturated rings. The molecule has 0 aromatic heterocycles. The fourth-order valence-corrected chi connectivity index (χ4v) is 4.92. The Morgan fingerprint density at radius 2 is 2.07 bits per heavy atom. The van der Waals surface area contributed by atoms with Gasteiger partial charge in [-0.05, 0) is 38.6 Å². The van der Waals surface area contributed by atoms with Crippen LogP contribution in [0.15, 0.2) is 11.6 Å². The molecule has 6 nitrogen and oxygen atoms in total. The molecule has 0 aromatic carbocycles. The fourth-order valence-electron chi connectivity index (χ4n) is 4.92. The normalized spacial score (nSPS) is 40.1. The zero-order chi connectivity index (χ0) is 19.6. The molecule has 0 spiro atoms. The van der Waals surface area contributed by atoms with Crippen LogP contribution in [-0.4, -0.2) is 55.7 Å². The lowest BCUT2D eigenvalue weighted by Gasteiger charge is -2.27. The summed E-state index contributed by atoms with van der Waals surface area (Å²) in [5.74, 6) is -0.133. The Balaban J connectivity index is 1.66. The summed E-state index contributed by atoms with van der Waals surface area (Å²) >= 11 is 0. The number of halogens is 1. The van der Waals surface area contributed by atoms with Crippen molar-refractivity contribution >= 4 is 11.8 Å². The molecule has 0 bridgehead atoms. The highest BCUT2D eigenvalue weighted by atomic mass is 19.1. The summed E-state index contributed by atoms with van der Waals surface area (Å²) in [6, 6.07) is 0.0422. The van der Waals surface area contributed by atoms with Gasteiger partial charge in [-0.2, -0.15) is 0 Å². The number of carbonyl (C=O) groups is 2. The maximum absolute atomic E-state index is 13.9. The van der Waals surface area contributed by atoms with Crippen molar-refractivity contribution in [2.75, 3.05) is 19.6 Å². The van der Waals surface area contributed by atoms with Crippen molar-refractivity contribution in [3.05, 3.63) is 11.6 Å². The fraction of sp³-hybridized carbons (Fsp3) is 0.800. The van der Waals surface area contributed by atoms with Crippen molar-refractivity contribution < 1.29 is 14.0 Å². The number of hydrogen-bond acceptors (Lipinski definition) is 4. The van der Waals surface area contributed by atoms with E-state index >= 15 is 0 Å². The second kappa shape index (κ2) is 8.69. The van der Waals surface area contributed by atoms with Gasteiger partial charge < -0.3 is 21.3 Å². The van der Waals surface area contributed by atoms with E-state index in [1.165, 1.54) is 0 Å². The minimum atomic E-state index is -0.828. The summed E-state index contributed by atoms with van der Waals surface area (Å²) in [5, 5.41) is 12.7. The number of amides is 2. The first-order valence-electron chi connectivity index (χ1n) is 10.3. The Kier molecular flexibility index (Phi) is 6.52. The van der Waals surface area contributed by atoms with Crippen molar-refractivity contribution in [1.29, 1.82) is 0 Å². The minimum absolute atomic E-state index is 0.0292. The summed E-state index contributed by atoms with van der Waals surface area (Å²) < 4.78 is 13.9. The number of carbonyl (C=O) groups excluding carboxylic acids is 2. The van der Waals surface area contributed by atoms with E-state index in [1.807, 2.05) is 19.9 Å². The van der Waals surface area contributed by atoms with E-state index in [9.17, 15) is 14.0 Å². The number of fused-ring (bicyclic) bond motifs is 1. The molecule has 4 N–H and O–H groups in total. The first-order chi connectivity index (χ1) is 12.9. The molecule has 152 valence electrons. The van der Waals surface area contributed by atoms with Crippen LogP contribution < -0.4 is 21.3 Å². The average molecular weight is 381 g/mol. The lowest BCUT2D eigenvalue weighted by atomic mass is 9.80. The molecule has 2 heterocycles. The lowest BCUT2D eigenvalue weighted by Crippen LogP contribution is -2.41. The zero-order valence-corrected chi connectivity index (χ0v) is 16.6. The number of rotatable bonds is 6. The Morgan fingerprint density at radius 3 is 2.81 bits per heavy atom. The van der Waals surface area contributed by atoms with E-state index < -0.39 is 6.17 Å². The molecule has 27 heavy (non-hydrogen) atoms.